The maximum Gasteiger partial charge on any atom is 0.0470 e. The van der Waals surface area contributed by atoms with Gasteiger partial charge in [0.1, 0.15) is 0 Å². The van der Waals surface area contributed by atoms with E-state index in [9.17, 15) is 0 Å². The van der Waals surface area contributed by atoms with E-state index in [1.165, 1.54) is 32.6 Å². The van der Waals surface area contributed by atoms with Crippen LogP contribution in [0, 0.1) is 0 Å². The Bertz CT molecular complexity index is 840. The van der Waals surface area contributed by atoms with Crippen molar-refractivity contribution in [2.75, 3.05) is 0 Å². The van der Waals surface area contributed by atoms with Crippen LogP contribution in [0.3, 0.4) is 0 Å². The number of benzene rings is 1. The lowest BCUT2D eigenvalue weighted by atomic mass is 10.1. The molecule has 0 aliphatic rings. The molecule has 0 bridgehead atoms. The van der Waals surface area contributed by atoms with Gasteiger partial charge in [-0.3, -0.25) is 0 Å². The van der Waals surface area contributed by atoms with Crippen molar-refractivity contribution in [3.05, 3.63) is 60.7 Å². The topological polar surface area (TPSA) is 15.8 Å². The van der Waals surface area contributed by atoms with E-state index >= 15 is 0 Å². The number of nitrogens with one attached hydrogen (secondary N) is 1. The van der Waals surface area contributed by atoms with Gasteiger partial charge in [-0.05, 0) is 22.9 Å². The van der Waals surface area contributed by atoms with Crippen LogP contribution in [0.15, 0.2) is 60.7 Å². The zero-order chi connectivity index (χ0) is 11.2. The maximum absolute atomic E-state index is 3.50. The fourth-order valence-corrected chi connectivity index (χ4v) is 2.63. The molecule has 0 fully saturated rings. The standard InChI is InChI=1S/C16H11N/c1-2-7-13-12-6-3-4-8-14(12)17-15-10-9-11(5-1)16(13)15/h1-10,17H. The molecule has 0 aliphatic heterocycles. The largest absolute Gasteiger partial charge is 0.354 e. The summed E-state index contributed by atoms with van der Waals surface area (Å²) in [6.45, 7) is 0. The first-order valence-electron chi connectivity index (χ1n) is 5.82. The van der Waals surface area contributed by atoms with Crippen LogP contribution in [0.25, 0.3) is 32.6 Å². The minimum atomic E-state index is 1.19. The number of para-hydroxylation sites is 1. The molecular formula is C16H11N. The Morgan fingerprint density at radius 1 is 0.588 bits per heavy atom. The second kappa shape index (κ2) is 3.11. The van der Waals surface area contributed by atoms with E-state index in [0.717, 1.165) is 0 Å². The number of hydrogen-bond donors (Lipinski definition) is 1. The normalized spacial score (nSPS) is 11.5. The Morgan fingerprint density at radius 2 is 1.35 bits per heavy atom. The number of fused-ring (bicyclic) bond motifs is 2. The zero-order valence-electron chi connectivity index (χ0n) is 9.27. The van der Waals surface area contributed by atoms with Crippen LogP contribution in [0.1, 0.15) is 0 Å². The Morgan fingerprint density at radius 3 is 2.29 bits per heavy atom. The summed E-state index contributed by atoms with van der Waals surface area (Å²) >= 11 is 0. The summed E-state index contributed by atoms with van der Waals surface area (Å²) in [7, 11) is 0. The molecule has 1 heteroatoms. The molecule has 3 aromatic carbocycles. The van der Waals surface area contributed by atoms with Crippen LogP contribution in [-0.4, -0.2) is 4.98 Å². The number of H-pyrrole nitrogens is 1. The number of rotatable bonds is 0. The average Bonchev–Trinajstić information content (AvgIpc) is 2.64. The van der Waals surface area contributed by atoms with Gasteiger partial charge in [0.05, 0.1) is 0 Å². The van der Waals surface area contributed by atoms with Crippen LogP contribution in [0.4, 0.5) is 0 Å². The summed E-state index contributed by atoms with van der Waals surface area (Å²) < 4.78 is 0. The Kier molecular flexibility index (Phi) is 1.61. The van der Waals surface area contributed by atoms with E-state index in [1.54, 1.807) is 0 Å². The lowest BCUT2D eigenvalue weighted by Gasteiger charge is -2.03. The molecule has 0 spiro atoms. The van der Waals surface area contributed by atoms with Crippen LogP contribution in [0.5, 0.6) is 0 Å². The van der Waals surface area contributed by atoms with Crippen LogP contribution >= 0.6 is 0 Å². The van der Waals surface area contributed by atoms with Crippen molar-refractivity contribution in [3.8, 4) is 0 Å². The fourth-order valence-electron chi connectivity index (χ4n) is 2.63. The van der Waals surface area contributed by atoms with Gasteiger partial charge in [0.15, 0.2) is 0 Å². The van der Waals surface area contributed by atoms with E-state index in [0.29, 0.717) is 0 Å². The van der Waals surface area contributed by atoms with Gasteiger partial charge >= 0.3 is 0 Å². The maximum atomic E-state index is 3.50. The lowest BCUT2D eigenvalue weighted by molar-refractivity contribution is 1.53. The summed E-state index contributed by atoms with van der Waals surface area (Å²) in [5, 5.41) is 5.22. The third-order valence-corrected chi connectivity index (χ3v) is 3.39. The Hall–Kier alpha value is -2.28. The van der Waals surface area contributed by atoms with Crippen LogP contribution in [0.2, 0.25) is 0 Å². The van der Waals surface area contributed by atoms with Crippen LogP contribution in [-0.2, 0) is 0 Å². The first-order chi connectivity index (χ1) is 8.43. The first-order valence-corrected chi connectivity index (χ1v) is 5.82. The average molecular weight is 217 g/mol. The molecule has 0 saturated carbocycles. The molecule has 1 N–H and O–H groups in total. The Balaban J connectivity index is 2.46. The van der Waals surface area contributed by atoms with Crippen molar-refractivity contribution >= 4 is 32.6 Å². The summed E-state index contributed by atoms with van der Waals surface area (Å²) in [5.74, 6) is 0. The van der Waals surface area contributed by atoms with E-state index in [1.807, 2.05) is 0 Å². The molecule has 0 unspecified atom stereocenters. The SMILES string of the molecule is c1ccc2c3ccccc3[nH]c3ccc(c1)c32. The van der Waals surface area contributed by atoms with Gasteiger partial charge in [-0.15, -0.1) is 0 Å². The predicted molar refractivity (Wildman–Crippen MR) is 73.3 cm³/mol. The molecular weight excluding hydrogens is 206 g/mol. The van der Waals surface area contributed by atoms with Gasteiger partial charge in [-0.1, -0.05) is 48.5 Å². The lowest BCUT2D eigenvalue weighted by Crippen LogP contribution is -1.80. The second-order valence-corrected chi connectivity index (χ2v) is 4.38. The fraction of sp³-hybridized carbons (Fsp3) is 0. The molecule has 17 heavy (non-hydrogen) atoms. The smallest absolute Gasteiger partial charge is 0.0470 e. The van der Waals surface area contributed by atoms with Gasteiger partial charge in [0.25, 0.3) is 0 Å². The van der Waals surface area contributed by atoms with Crippen molar-refractivity contribution < 1.29 is 0 Å². The minimum absolute atomic E-state index is 1.19. The summed E-state index contributed by atoms with van der Waals surface area (Å²) in [6.07, 6.45) is 0. The molecule has 0 atom stereocenters. The third kappa shape index (κ3) is 1.14. The molecule has 0 aliphatic carbocycles. The highest BCUT2D eigenvalue weighted by Crippen LogP contribution is 2.31. The molecule has 0 saturated heterocycles. The van der Waals surface area contributed by atoms with Gasteiger partial charge in [-0.2, -0.15) is 0 Å². The molecule has 4 aromatic rings. The van der Waals surface area contributed by atoms with E-state index in [4.69, 9.17) is 0 Å². The van der Waals surface area contributed by atoms with Crippen molar-refractivity contribution in [1.82, 2.24) is 4.98 Å². The molecule has 0 radical (unpaired) electrons. The van der Waals surface area contributed by atoms with Crippen LogP contribution < -0.4 is 0 Å². The summed E-state index contributed by atoms with van der Waals surface area (Å²) in [6, 6.07) is 21.4. The molecule has 4 rings (SSSR count). The van der Waals surface area contributed by atoms with E-state index < -0.39 is 0 Å². The highest BCUT2D eigenvalue weighted by Gasteiger charge is 2.05. The van der Waals surface area contributed by atoms with Crippen molar-refractivity contribution in [2.24, 2.45) is 0 Å². The summed E-state index contributed by atoms with van der Waals surface area (Å²) in [4.78, 5) is 3.50. The predicted octanol–water partition coefficient (Wildman–Crippen LogP) is 4.47. The zero-order valence-corrected chi connectivity index (χ0v) is 9.27. The highest BCUT2D eigenvalue weighted by atomic mass is 14.7. The van der Waals surface area contributed by atoms with E-state index in [2.05, 4.69) is 65.6 Å². The monoisotopic (exact) mass is 217 g/mol. The van der Waals surface area contributed by atoms with Gasteiger partial charge in [0.2, 0.25) is 0 Å². The Labute approximate surface area is 98.7 Å². The number of aromatic nitrogens is 1. The van der Waals surface area contributed by atoms with Gasteiger partial charge < -0.3 is 4.98 Å². The van der Waals surface area contributed by atoms with E-state index in [-0.39, 0.29) is 0 Å². The quantitative estimate of drug-likeness (QED) is 0.447. The van der Waals surface area contributed by atoms with Gasteiger partial charge in [-0.25, -0.2) is 0 Å². The number of hydrogen-bond acceptors (Lipinski definition) is 0. The molecule has 1 aromatic heterocycles. The van der Waals surface area contributed by atoms with Crippen molar-refractivity contribution in [1.29, 1.82) is 0 Å². The number of aromatic amines is 1. The summed E-state index contributed by atoms with van der Waals surface area (Å²) in [5.41, 5.74) is 2.41. The number of pyridine rings is 1. The van der Waals surface area contributed by atoms with Gasteiger partial charge in [0, 0.05) is 21.8 Å². The van der Waals surface area contributed by atoms with Crippen molar-refractivity contribution in [2.45, 2.75) is 0 Å². The van der Waals surface area contributed by atoms with Crippen molar-refractivity contribution in [3.63, 3.8) is 0 Å². The molecule has 0 amide bonds. The first kappa shape index (κ1) is 8.82. The third-order valence-electron chi connectivity index (χ3n) is 3.39. The molecule has 1 heterocycles. The minimum Gasteiger partial charge on any atom is -0.354 e. The molecule has 1 nitrogen and oxygen atoms in total. The second-order valence-electron chi connectivity index (χ2n) is 4.38. The molecule has 80 valence electrons. The highest BCUT2D eigenvalue weighted by molar-refractivity contribution is 6.19.